The van der Waals surface area contributed by atoms with Crippen molar-refractivity contribution in [2.24, 2.45) is 10.8 Å². The van der Waals surface area contributed by atoms with Gasteiger partial charge in [-0.15, -0.1) is 0 Å². The Hall–Kier alpha value is -0.980. The molecule has 0 aromatic heterocycles. The van der Waals surface area contributed by atoms with E-state index >= 15 is 0 Å². The van der Waals surface area contributed by atoms with Crippen molar-refractivity contribution in [3.63, 3.8) is 0 Å². The molecule has 1 fully saturated rings. The highest BCUT2D eigenvalue weighted by molar-refractivity contribution is 7.89. The third-order valence-electron chi connectivity index (χ3n) is 4.79. The number of benzene rings is 1. The Morgan fingerprint density at radius 1 is 1.25 bits per heavy atom. The number of aliphatic hydroxyl groups excluding tert-OH is 1. The Bertz CT molecular complexity index is 624. The lowest BCUT2D eigenvalue weighted by atomic mass is 10.0. The molecule has 0 amide bonds. The van der Waals surface area contributed by atoms with Gasteiger partial charge in [-0.05, 0) is 29.0 Å². The zero-order valence-electron chi connectivity index (χ0n) is 12.1. The second-order valence-corrected chi connectivity index (χ2v) is 8.12. The smallest absolute Gasteiger partial charge is 0.240 e. The lowest BCUT2D eigenvalue weighted by Crippen LogP contribution is -2.30. The molecule has 0 radical (unpaired) electrons. The molecule has 6 heteroatoms. The maximum atomic E-state index is 13.3. The van der Waals surface area contributed by atoms with Gasteiger partial charge in [-0.2, -0.15) is 0 Å². The third-order valence-corrected chi connectivity index (χ3v) is 6.21. The number of hydrogen-bond acceptors (Lipinski definition) is 3. The minimum atomic E-state index is -3.72. The van der Waals surface area contributed by atoms with Gasteiger partial charge in [0.25, 0.3) is 0 Å². The molecule has 0 bridgehead atoms. The summed E-state index contributed by atoms with van der Waals surface area (Å²) >= 11 is 0. The van der Waals surface area contributed by atoms with Gasteiger partial charge in [-0.3, -0.25) is 0 Å². The first-order valence-corrected chi connectivity index (χ1v) is 7.94. The molecule has 1 aliphatic rings. The summed E-state index contributed by atoms with van der Waals surface area (Å²) in [6.07, 6.45) is 0. The van der Waals surface area contributed by atoms with Gasteiger partial charge >= 0.3 is 0 Å². The highest BCUT2D eigenvalue weighted by atomic mass is 32.2. The van der Waals surface area contributed by atoms with Gasteiger partial charge in [0.2, 0.25) is 10.0 Å². The molecule has 0 atom stereocenters. The summed E-state index contributed by atoms with van der Waals surface area (Å²) in [5.41, 5.74) is -0.276. The number of sulfonamides is 1. The standard InChI is InChI=1S/C14H20FNO3S/c1-13(2)12(14(13,3)4)16-20(18,19)10-5-6-11(15)9(7-10)8-17/h5-7,12,16-17H,8H2,1-4H3. The first kappa shape index (κ1) is 15.4. The topological polar surface area (TPSA) is 66.4 Å². The molecule has 0 spiro atoms. The van der Waals surface area contributed by atoms with Crippen molar-refractivity contribution in [1.29, 1.82) is 0 Å². The fourth-order valence-electron chi connectivity index (χ4n) is 2.55. The lowest BCUT2D eigenvalue weighted by Gasteiger charge is -2.09. The molecule has 1 aromatic rings. The van der Waals surface area contributed by atoms with E-state index in [1.807, 2.05) is 27.7 Å². The number of nitrogens with one attached hydrogen (secondary N) is 1. The van der Waals surface area contributed by atoms with E-state index in [4.69, 9.17) is 5.11 Å². The maximum absolute atomic E-state index is 13.3. The molecule has 2 N–H and O–H groups in total. The van der Waals surface area contributed by atoms with E-state index < -0.39 is 22.4 Å². The minimum Gasteiger partial charge on any atom is -0.392 e. The van der Waals surface area contributed by atoms with Crippen molar-refractivity contribution >= 4 is 10.0 Å². The Balaban J connectivity index is 2.29. The quantitative estimate of drug-likeness (QED) is 0.894. The van der Waals surface area contributed by atoms with Gasteiger partial charge in [-0.1, -0.05) is 27.7 Å². The van der Waals surface area contributed by atoms with Crippen LogP contribution in [0.25, 0.3) is 0 Å². The molecule has 20 heavy (non-hydrogen) atoms. The predicted octanol–water partition coefficient (Wildman–Crippen LogP) is 2.03. The molecule has 0 heterocycles. The Morgan fingerprint density at radius 3 is 2.25 bits per heavy atom. The molecule has 0 unspecified atom stereocenters. The summed E-state index contributed by atoms with van der Waals surface area (Å²) in [6.45, 7) is 7.48. The molecule has 112 valence electrons. The van der Waals surface area contributed by atoms with Crippen LogP contribution in [0.3, 0.4) is 0 Å². The highest BCUT2D eigenvalue weighted by Crippen LogP contribution is 2.62. The fourth-order valence-corrected chi connectivity index (χ4v) is 4.13. The van der Waals surface area contributed by atoms with Gasteiger partial charge in [0.1, 0.15) is 5.82 Å². The molecule has 4 nitrogen and oxygen atoms in total. The monoisotopic (exact) mass is 301 g/mol. The summed E-state index contributed by atoms with van der Waals surface area (Å²) in [5, 5.41) is 9.01. The van der Waals surface area contributed by atoms with Gasteiger partial charge in [0, 0.05) is 11.6 Å². The van der Waals surface area contributed by atoms with Crippen molar-refractivity contribution in [2.75, 3.05) is 0 Å². The predicted molar refractivity (Wildman–Crippen MR) is 74.0 cm³/mol. The van der Waals surface area contributed by atoms with Crippen LogP contribution in [0.4, 0.5) is 4.39 Å². The summed E-state index contributed by atoms with van der Waals surface area (Å²) in [7, 11) is -3.72. The van der Waals surface area contributed by atoms with E-state index in [1.165, 1.54) is 12.1 Å². The zero-order valence-corrected chi connectivity index (χ0v) is 12.9. The van der Waals surface area contributed by atoms with Crippen LogP contribution in [0.2, 0.25) is 0 Å². The van der Waals surface area contributed by atoms with Crippen molar-refractivity contribution in [3.05, 3.63) is 29.6 Å². The molecular formula is C14H20FNO3S. The normalized spacial score (nSPS) is 20.9. The van der Waals surface area contributed by atoms with Gasteiger partial charge in [0.05, 0.1) is 11.5 Å². The van der Waals surface area contributed by atoms with Crippen LogP contribution < -0.4 is 4.72 Å². The lowest BCUT2D eigenvalue weighted by molar-refractivity contribution is 0.275. The summed E-state index contributed by atoms with van der Waals surface area (Å²) in [5.74, 6) is -0.612. The van der Waals surface area contributed by atoms with E-state index in [2.05, 4.69) is 4.72 Å². The largest absolute Gasteiger partial charge is 0.392 e. The zero-order chi connectivity index (χ0) is 15.3. The number of halogens is 1. The van der Waals surface area contributed by atoms with E-state index in [0.717, 1.165) is 6.07 Å². The number of rotatable bonds is 4. The molecule has 0 saturated heterocycles. The van der Waals surface area contributed by atoms with Crippen molar-refractivity contribution in [3.8, 4) is 0 Å². The van der Waals surface area contributed by atoms with Crippen LogP contribution in [-0.2, 0) is 16.6 Å². The molecule has 1 aromatic carbocycles. The first-order valence-electron chi connectivity index (χ1n) is 6.45. The molecular weight excluding hydrogens is 281 g/mol. The van der Waals surface area contributed by atoms with Crippen molar-refractivity contribution in [1.82, 2.24) is 4.72 Å². The highest BCUT2D eigenvalue weighted by Gasteiger charge is 2.66. The summed E-state index contributed by atoms with van der Waals surface area (Å²) in [4.78, 5) is -0.0264. The van der Waals surface area contributed by atoms with Gasteiger partial charge < -0.3 is 5.11 Å². The van der Waals surface area contributed by atoms with Crippen LogP contribution in [0.1, 0.15) is 33.3 Å². The Kier molecular flexibility index (Phi) is 3.48. The fraction of sp³-hybridized carbons (Fsp3) is 0.571. The van der Waals surface area contributed by atoms with Crippen LogP contribution in [0.5, 0.6) is 0 Å². The van der Waals surface area contributed by atoms with Crippen LogP contribution in [0, 0.1) is 16.6 Å². The van der Waals surface area contributed by atoms with Crippen molar-refractivity contribution < 1.29 is 17.9 Å². The second kappa shape index (κ2) is 4.51. The number of aliphatic hydroxyl groups is 1. The molecule has 1 aliphatic carbocycles. The van der Waals surface area contributed by atoms with E-state index in [-0.39, 0.29) is 27.3 Å². The SMILES string of the molecule is CC1(C)C(NS(=O)(=O)c2ccc(F)c(CO)c2)C1(C)C. The first-order chi connectivity index (χ1) is 9.04. The minimum absolute atomic E-state index is 0.0257. The second-order valence-electron chi connectivity index (χ2n) is 6.41. The maximum Gasteiger partial charge on any atom is 0.240 e. The third kappa shape index (κ3) is 2.25. The number of hydrogen-bond donors (Lipinski definition) is 2. The summed E-state index contributed by atoms with van der Waals surface area (Å²) < 4.78 is 40.6. The van der Waals surface area contributed by atoms with E-state index in [9.17, 15) is 12.8 Å². The average molecular weight is 301 g/mol. The molecule has 1 saturated carbocycles. The Labute approximate surface area is 119 Å². The summed E-state index contributed by atoms with van der Waals surface area (Å²) in [6, 6.07) is 3.27. The Morgan fingerprint density at radius 2 is 1.80 bits per heavy atom. The van der Waals surface area contributed by atoms with E-state index in [1.54, 1.807) is 0 Å². The average Bonchev–Trinajstić information content (AvgIpc) is 2.71. The van der Waals surface area contributed by atoms with Crippen LogP contribution in [-0.4, -0.2) is 19.6 Å². The van der Waals surface area contributed by atoms with Crippen LogP contribution >= 0.6 is 0 Å². The van der Waals surface area contributed by atoms with E-state index in [0.29, 0.717) is 0 Å². The van der Waals surface area contributed by atoms with Gasteiger partial charge in [0.15, 0.2) is 0 Å². The molecule has 2 rings (SSSR count). The van der Waals surface area contributed by atoms with Crippen LogP contribution in [0.15, 0.2) is 23.1 Å². The van der Waals surface area contributed by atoms with Gasteiger partial charge in [-0.25, -0.2) is 17.5 Å². The molecule has 0 aliphatic heterocycles. The van der Waals surface area contributed by atoms with Crippen molar-refractivity contribution in [2.45, 2.75) is 45.2 Å².